The molecule has 5 fully saturated rings. The SMILES string of the molecule is O=S(=O)(C1CCC(N2CC(C(F)(F)F)CN2)NC1)N1CCCN2NCC3CCCC1C32. The molecule has 8 nitrogen and oxygen atoms in total. The van der Waals surface area contributed by atoms with Gasteiger partial charge in [-0.2, -0.15) is 17.5 Å². The molecule has 31 heavy (non-hydrogen) atoms. The molecule has 0 aromatic heterocycles. The van der Waals surface area contributed by atoms with Gasteiger partial charge in [0.05, 0.1) is 17.3 Å². The van der Waals surface area contributed by atoms with Crippen molar-refractivity contribution in [3.05, 3.63) is 0 Å². The van der Waals surface area contributed by atoms with E-state index < -0.39 is 27.4 Å². The molecule has 0 aromatic rings. The van der Waals surface area contributed by atoms with E-state index in [0.717, 1.165) is 38.8 Å². The van der Waals surface area contributed by atoms with E-state index in [1.54, 1.807) is 9.31 Å². The molecule has 178 valence electrons. The van der Waals surface area contributed by atoms with Gasteiger partial charge in [0.15, 0.2) is 0 Å². The van der Waals surface area contributed by atoms with Crippen molar-refractivity contribution < 1.29 is 21.6 Å². The van der Waals surface area contributed by atoms with Crippen molar-refractivity contribution in [1.29, 1.82) is 0 Å². The van der Waals surface area contributed by atoms with Crippen molar-refractivity contribution in [3.63, 3.8) is 0 Å². The monoisotopic (exact) mass is 466 g/mol. The maximum absolute atomic E-state index is 13.7. The molecular weight excluding hydrogens is 433 g/mol. The second-order valence-corrected chi connectivity index (χ2v) is 11.9. The Kier molecular flexibility index (Phi) is 6.02. The Hall–Kier alpha value is -0.500. The first-order chi connectivity index (χ1) is 14.7. The fourth-order valence-corrected chi connectivity index (χ4v) is 8.38. The third-order valence-electron chi connectivity index (χ3n) is 7.90. The van der Waals surface area contributed by atoms with Crippen molar-refractivity contribution >= 4 is 10.0 Å². The highest BCUT2D eigenvalue weighted by Crippen LogP contribution is 2.38. The first kappa shape index (κ1) is 22.3. The lowest BCUT2D eigenvalue weighted by molar-refractivity contribution is -0.167. The zero-order chi connectivity index (χ0) is 21.8. The highest BCUT2D eigenvalue weighted by Gasteiger charge is 2.50. The second-order valence-electron chi connectivity index (χ2n) is 9.69. The predicted molar refractivity (Wildman–Crippen MR) is 109 cm³/mol. The van der Waals surface area contributed by atoms with E-state index in [1.165, 1.54) is 0 Å². The first-order valence-electron chi connectivity index (χ1n) is 11.6. The zero-order valence-electron chi connectivity index (χ0n) is 17.6. The topological polar surface area (TPSA) is 80.0 Å². The molecule has 0 aromatic carbocycles. The third kappa shape index (κ3) is 4.13. The molecule has 4 saturated heterocycles. The standard InChI is InChI=1S/C19H33F3N6O2S/c20-19(21,22)14-10-25-27(12-14)17-6-5-15(11-23-17)31(29,30)28-8-2-7-26-18-13(9-24-26)3-1-4-16(18)28/h13-18,23-25H,1-12H2. The highest BCUT2D eigenvalue weighted by atomic mass is 32.2. The number of sulfonamides is 1. The fraction of sp³-hybridized carbons (Fsp3) is 1.00. The van der Waals surface area contributed by atoms with E-state index in [1.807, 2.05) is 0 Å². The number of nitrogens with one attached hydrogen (secondary N) is 3. The fourth-order valence-electron chi connectivity index (χ4n) is 6.27. The summed E-state index contributed by atoms with van der Waals surface area (Å²) in [6.07, 6.45) is 0.413. The van der Waals surface area contributed by atoms with Crippen LogP contribution in [0.1, 0.15) is 38.5 Å². The van der Waals surface area contributed by atoms with E-state index in [-0.39, 0.29) is 37.9 Å². The molecule has 5 rings (SSSR count). The van der Waals surface area contributed by atoms with Gasteiger partial charge >= 0.3 is 6.18 Å². The van der Waals surface area contributed by atoms with Crippen LogP contribution in [0.25, 0.3) is 0 Å². The highest BCUT2D eigenvalue weighted by molar-refractivity contribution is 7.89. The van der Waals surface area contributed by atoms with Gasteiger partial charge in [0.2, 0.25) is 10.0 Å². The summed E-state index contributed by atoms with van der Waals surface area (Å²) in [6, 6.07) is 0.273. The van der Waals surface area contributed by atoms with Gasteiger partial charge in [0.1, 0.15) is 0 Å². The first-order valence-corrected chi connectivity index (χ1v) is 13.1. The average Bonchev–Trinajstić information content (AvgIpc) is 3.34. The Morgan fingerprint density at radius 3 is 2.39 bits per heavy atom. The van der Waals surface area contributed by atoms with Crippen LogP contribution in [0, 0.1) is 11.8 Å². The van der Waals surface area contributed by atoms with Crippen LogP contribution >= 0.6 is 0 Å². The zero-order valence-corrected chi connectivity index (χ0v) is 18.5. The van der Waals surface area contributed by atoms with Gasteiger partial charge in [-0.15, -0.1) is 0 Å². The molecule has 12 heteroatoms. The Labute approximate surface area is 181 Å². The largest absolute Gasteiger partial charge is 0.394 e. The molecule has 1 saturated carbocycles. The second kappa shape index (κ2) is 8.37. The molecule has 6 unspecified atom stereocenters. The molecule has 4 aliphatic heterocycles. The van der Waals surface area contributed by atoms with Crippen molar-refractivity contribution in [2.75, 3.05) is 39.3 Å². The summed E-state index contributed by atoms with van der Waals surface area (Å²) in [5.41, 5.74) is 6.32. The summed E-state index contributed by atoms with van der Waals surface area (Å²) in [7, 11) is -3.48. The van der Waals surface area contributed by atoms with Gasteiger partial charge in [-0.05, 0) is 38.0 Å². The smallest absolute Gasteiger partial charge is 0.299 e. The Morgan fingerprint density at radius 1 is 0.871 bits per heavy atom. The molecule has 1 aliphatic carbocycles. The van der Waals surface area contributed by atoms with Crippen LogP contribution < -0.4 is 16.2 Å². The lowest BCUT2D eigenvalue weighted by Crippen LogP contribution is -2.59. The van der Waals surface area contributed by atoms with Gasteiger partial charge in [-0.3, -0.25) is 16.2 Å². The number of piperidine rings is 1. The summed E-state index contributed by atoms with van der Waals surface area (Å²) in [6.45, 7) is 2.42. The minimum atomic E-state index is -4.21. The minimum Gasteiger partial charge on any atom is -0.299 e. The number of nitrogens with zero attached hydrogens (tertiary/aromatic N) is 3. The van der Waals surface area contributed by atoms with E-state index in [9.17, 15) is 21.6 Å². The van der Waals surface area contributed by atoms with Crippen LogP contribution in [-0.4, -0.2) is 91.7 Å². The Balaban J connectivity index is 1.24. The predicted octanol–water partition coefficient (Wildman–Crippen LogP) is 0.456. The molecular formula is C19H33F3N6O2S. The quantitative estimate of drug-likeness (QED) is 0.558. The molecule has 5 aliphatic rings. The van der Waals surface area contributed by atoms with Crippen molar-refractivity contribution in [2.45, 2.75) is 68.2 Å². The molecule has 4 heterocycles. The number of rotatable bonds is 3. The van der Waals surface area contributed by atoms with Crippen LogP contribution in [0.5, 0.6) is 0 Å². The molecule has 0 radical (unpaired) electrons. The van der Waals surface area contributed by atoms with Crippen LogP contribution in [0.3, 0.4) is 0 Å². The molecule has 0 bridgehead atoms. The van der Waals surface area contributed by atoms with Crippen molar-refractivity contribution in [2.24, 2.45) is 11.8 Å². The summed E-state index contributed by atoms with van der Waals surface area (Å²) in [4.78, 5) is 0. The van der Waals surface area contributed by atoms with Gasteiger partial charge in [-0.1, -0.05) is 6.42 Å². The number of hydrogen-bond donors (Lipinski definition) is 3. The minimum absolute atomic E-state index is 0.0202. The van der Waals surface area contributed by atoms with Crippen LogP contribution in [0.2, 0.25) is 0 Å². The Morgan fingerprint density at radius 2 is 1.68 bits per heavy atom. The molecule has 6 atom stereocenters. The van der Waals surface area contributed by atoms with Gasteiger partial charge < -0.3 is 0 Å². The van der Waals surface area contributed by atoms with Crippen LogP contribution in [0.4, 0.5) is 13.2 Å². The molecule has 0 spiro atoms. The van der Waals surface area contributed by atoms with Crippen molar-refractivity contribution in [1.82, 2.24) is 30.5 Å². The Bertz CT molecular complexity index is 760. The van der Waals surface area contributed by atoms with Gasteiger partial charge in [-0.25, -0.2) is 18.4 Å². The summed E-state index contributed by atoms with van der Waals surface area (Å²) >= 11 is 0. The lowest BCUT2D eigenvalue weighted by atomic mass is 9.82. The average molecular weight is 467 g/mol. The number of hydrogen-bond acceptors (Lipinski definition) is 7. The number of halogens is 3. The van der Waals surface area contributed by atoms with Gasteiger partial charge in [0, 0.05) is 51.4 Å². The lowest BCUT2D eigenvalue weighted by Gasteiger charge is -2.43. The maximum atomic E-state index is 13.7. The van der Waals surface area contributed by atoms with E-state index in [0.29, 0.717) is 25.3 Å². The maximum Gasteiger partial charge on any atom is 0.394 e. The van der Waals surface area contributed by atoms with Crippen LogP contribution in [-0.2, 0) is 10.0 Å². The number of alkyl halides is 3. The van der Waals surface area contributed by atoms with E-state index in [2.05, 4.69) is 21.2 Å². The number of hydrazine groups is 2. The summed E-state index contributed by atoms with van der Waals surface area (Å²) in [5, 5.41) is 6.56. The summed E-state index contributed by atoms with van der Waals surface area (Å²) in [5.74, 6) is -0.874. The molecule has 3 N–H and O–H groups in total. The van der Waals surface area contributed by atoms with Crippen molar-refractivity contribution in [3.8, 4) is 0 Å². The van der Waals surface area contributed by atoms with E-state index in [4.69, 9.17) is 0 Å². The summed E-state index contributed by atoms with van der Waals surface area (Å²) < 4.78 is 68.0. The normalized spacial score (nSPS) is 41.3. The van der Waals surface area contributed by atoms with Crippen LogP contribution in [0.15, 0.2) is 0 Å². The molecule has 0 amide bonds. The third-order valence-corrected chi connectivity index (χ3v) is 10.3. The van der Waals surface area contributed by atoms with E-state index >= 15 is 0 Å². The van der Waals surface area contributed by atoms with Gasteiger partial charge in [0.25, 0.3) is 0 Å².